The van der Waals surface area contributed by atoms with Crippen molar-refractivity contribution >= 4 is 5.96 Å². The lowest BCUT2D eigenvalue weighted by Gasteiger charge is -2.45. The summed E-state index contributed by atoms with van der Waals surface area (Å²) in [5.74, 6) is 1.71. The second-order valence-electron chi connectivity index (χ2n) is 7.42. The highest BCUT2D eigenvalue weighted by molar-refractivity contribution is 5.79. The SMILES string of the molecule is CN=C(NCCCC(C)C)NCC1(N2CCCC2)CCOCC1. The summed E-state index contributed by atoms with van der Waals surface area (Å²) in [5.41, 5.74) is 0.254. The minimum absolute atomic E-state index is 0.254. The van der Waals surface area contributed by atoms with Gasteiger partial charge in [0, 0.05) is 38.9 Å². The van der Waals surface area contributed by atoms with E-state index in [0.717, 1.165) is 51.0 Å². The summed E-state index contributed by atoms with van der Waals surface area (Å²) < 4.78 is 5.62. The maximum absolute atomic E-state index is 5.62. The van der Waals surface area contributed by atoms with Gasteiger partial charge in [-0.05, 0) is 57.5 Å². The zero-order valence-electron chi connectivity index (χ0n) is 15.4. The molecule has 23 heavy (non-hydrogen) atoms. The second-order valence-corrected chi connectivity index (χ2v) is 7.42. The fourth-order valence-corrected chi connectivity index (χ4v) is 3.73. The Morgan fingerprint density at radius 1 is 1.17 bits per heavy atom. The molecule has 2 fully saturated rings. The molecular formula is C18H36N4O. The van der Waals surface area contributed by atoms with E-state index in [2.05, 4.69) is 34.4 Å². The fraction of sp³-hybridized carbons (Fsp3) is 0.944. The maximum Gasteiger partial charge on any atom is 0.191 e. The molecular weight excluding hydrogens is 288 g/mol. The summed E-state index contributed by atoms with van der Waals surface area (Å²) in [5, 5.41) is 7.05. The first-order valence-corrected chi connectivity index (χ1v) is 9.43. The van der Waals surface area contributed by atoms with Gasteiger partial charge in [0.15, 0.2) is 5.96 Å². The summed E-state index contributed by atoms with van der Waals surface area (Å²) in [6.45, 7) is 10.8. The number of nitrogens with one attached hydrogen (secondary N) is 2. The van der Waals surface area contributed by atoms with Gasteiger partial charge < -0.3 is 15.4 Å². The summed E-state index contributed by atoms with van der Waals surface area (Å²) in [7, 11) is 1.87. The second kappa shape index (κ2) is 9.48. The van der Waals surface area contributed by atoms with Crippen molar-refractivity contribution in [3.63, 3.8) is 0 Å². The molecule has 0 radical (unpaired) electrons. The lowest BCUT2D eigenvalue weighted by atomic mass is 9.88. The van der Waals surface area contributed by atoms with Crippen LogP contribution < -0.4 is 10.6 Å². The van der Waals surface area contributed by atoms with Crippen LogP contribution >= 0.6 is 0 Å². The average Bonchev–Trinajstić information content (AvgIpc) is 3.10. The average molecular weight is 325 g/mol. The molecule has 0 aromatic heterocycles. The first-order chi connectivity index (χ1) is 11.2. The number of aliphatic imine (C=N–C) groups is 1. The van der Waals surface area contributed by atoms with Gasteiger partial charge >= 0.3 is 0 Å². The van der Waals surface area contributed by atoms with E-state index in [4.69, 9.17) is 4.74 Å². The zero-order chi connectivity index (χ0) is 16.5. The standard InChI is InChI=1S/C18H36N4O/c1-16(2)7-6-10-20-17(19-3)21-15-18(8-13-23-14-9-18)22-11-4-5-12-22/h16H,4-15H2,1-3H3,(H2,19,20,21). The molecule has 0 unspecified atom stereocenters. The molecule has 2 heterocycles. The van der Waals surface area contributed by atoms with Crippen molar-refractivity contribution in [3.05, 3.63) is 0 Å². The molecule has 5 heteroatoms. The van der Waals surface area contributed by atoms with Crippen molar-refractivity contribution in [3.8, 4) is 0 Å². The van der Waals surface area contributed by atoms with E-state index in [0.29, 0.717) is 0 Å². The molecule has 0 spiro atoms. The fourth-order valence-electron chi connectivity index (χ4n) is 3.73. The van der Waals surface area contributed by atoms with Crippen LogP contribution in [0.5, 0.6) is 0 Å². The van der Waals surface area contributed by atoms with E-state index in [1.807, 2.05) is 7.05 Å². The molecule has 2 aliphatic heterocycles. The van der Waals surface area contributed by atoms with Gasteiger partial charge in [0.05, 0.1) is 0 Å². The Bertz CT molecular complexity index is 358. The minimum atomic E-state index is 0.254. The van der Waals surface area contributed by atoms with Crippen molar-refractivity contribution in [1.29, 1.82) is 0 Å². The quantitative estimate of drug-likeness (QED) is 0.428. The summed E-state index contributed by atoms with van der Waals surface area (Å²) in [6.07, 6.45) is 7.40. The molecule has 2 saturated heterocycles. The van der Waals surface area contributed by atoms with Gasteiger partial charge in [-0.15, -0.1) is 0 Å². The summed E-state index contributed by atoms with van der Waals surface area (Å²) >= 11 is 0. The minimum Gasteiger partial charge on any atom is -0.381 e. The van der Waals surface area contributed by atoms with Gasteiger partial charge in [-0.3, -0.25) is 9.89 Å². The molecule has 0 aromatic carbocycles. The van der Waals surface area contributed by atoms with E-state index in [9.17, 15) is 0 Å². The number of nitrogens with zero attached hydrogens (tertiary/aromatic N) is 2. The Morgan fingerprint density at radius 3 is 2.48 bits per heavy atom. The molecule has 5 nitrogen and oxygen atoms in total. The lowest BCUT2D eigenvalue weighted by molar-refractivity contribution is -0.0164. The van der Waals surface area contributed by atoms with Crippen LogP contribution in [0.3, 0.4) is 0 Å². The maximum atomic E-state index is 5.62. The number of rotatable bonds is 7. The molecule has 0 bridgehead atoms. The number of likely N-dealkylation sites (tertiary alicyclic amines) is 1. The zero-order valence-corrected chi connectivity index (χ0v) is 15.4. The van der Waals surface area contributed by atoms with Crippen LogP contribution in [0.2, 0.25) is 0 Å². The van der Waals surface area contributed by atoms with Crippen LogP contribution in [-0.2, 0) is 4.74 Å². The Kier molecular flexibility index (Phi) is 7.63. The molecule has 0 saturated carbocycles. The first kappa shape index (κ1) is 18.5. The highest BCUT2D eigenvalue weighted by Crippen LogP contribution is 2.30. The van der Waals surface area contributed by atoms with Crippen molar-refractivity contribution in [1.82, 2.24) is 15.5 Å². The van der Waals surface area contributed by atoms with E-state index in [1.54, 1.807) is 0 Å². The Hall–Kier alpha value is -0.810. The molecule has 0 amide bonds. The van der Waals surface area contributed by atoms with Crippen molar-refractivity contribution in [2.24, 2.45) is 10.9 Å². The van der Waals surface area contributed by atoms with Crippen LogP contribution in [0.15, 0.2) is 4.99 Å². The molecule has 2 aliphatic rings. The molecule has 2 N–H and O–H groups in total. The van der Waals surface area contributed by atoms with Gasteiger partial charge in [-0.25, -0.2) is 0 Å². The lowest BCUT2D eigenvalue weighted by Crippen LogP contribution is -2.58. The monoisotopic (exact) mass is 324 g/mol. The van der Waals surface area contributed by atoms with Crippen molar-refractivity contribution < 1.29 is 4.74 Å². The molecule has 0 aliphatic carbocycles. The van der Waals surface area contributed by atoms with Crippen molar-refractivity contribution in [2.75, 3.05) is 46.4 Å². The normalized spacial score (nSPS) is 22.5. The van der Waals surface area contributed by atoms with Gasteiger partial charge in [0.1, 0.15) is 0 Å². The third-order valence-electron chi connectivity index (χ3n) is 5.26. The number of hydrogen-bond acceptors (Lipinski definition) is 3. The smallest absolute Gasteiger partial charge is 0.191 e. The van der Waals surface area contributed by atoms with E-state index < -0.39 is 0 Å². The van der Waals surface area contributed by atoms with Gasteiger partial charge in [0.25, 0.3) is 0 Å². The molecule has 0 aromatic rings. The number of guanidine groups is 1. The summed E-state index contributed by atoms with van der Waals surface area (Å²) in [4.78, 5) is 7.08. The van der Waals surface area contributed by atoms with Gasteiger partial charge in [-0.1, -0.05) is 13.8 Å². The Balaban J connectivity index is 1.81. The van der Waals surface area contributed by atoms with Crippen LogP contribution in [-0.4, -0.2) is 62.8 Å². The van der Waals surface area contributed by atoms with E-state index in [-0.39, 0.29) is 5.54 Å². The molecule has 0 atom stereocenters. The van der Waals surface area contributed by atoms with Crippen LogP contribution in [0.1, 0.15) is 52.4 Å². The predicted molar refractivity (Wildman–Crippen MR) is 97.0 cm³/mol. The summed E-state index contributed by atoms with van der Waals surface area (Å²) in [6, 6.07) is 0. The highest BCUT2D eigenvalue weighted by Gasteiger charge is 2.39. The topological polar surface area (TPSA) is 48.9 Å². The van der Waals surface area contributed by atoms with E-state index >= 15 is 0 Å². The number of hydrogen-bond donors (Lipinski definition) is 2. The van der Waals surface area contributed by atoms with E-state index in [1.165, 1.54) is 38.8 Å². The largest absolute Gasteiger partial charge is 0.381 e. The third kappa shape index (κ3) is 5.64. The van der Waals surface area contributed by atoms with Crippen LogP contribution in [0, 0.1) is 5.92 Å². The predicted octanol–water partition coefficient (Wildman–Crippen LogP) is 2.23. The van der Waals surface area contributed by atoms with Crippen molar-refractivity contribution in [2.45, 2.75) is 57.9 Å². The Labute approximate surface area is 142 Å². The highest BCUT2D eigenvalue weighted by atomic mass is 16.5. The first-order valence-electron chi connectivity index (χ1n) is 9.43. The third-order valence-corrected chi connectivity index (χ3v) is 5.26. The number of ether oxygens (including phenoxy) is 1. The van der Waals surface area contributed by atoms with Crippen LogP contribution in [0.25, 0.3) is 0 Å². The van der Waals surface area contributed by atoms with Gasteiger partial charge in [-0.2, -0.15) is 0 Å². The van der Waals surface area contributed by atoms with Crippen LogP contribution in [0.4, 0.5) is 0 Å². The molecule has 134 valence electrons. The molecule has 2 rings (SSSR count). The Morgan fingerprint density at radius 2 is 1.87 bits per heavy atom. The van der Waals surface area contributed by atoms with Gasteiger partial charge in [0.2, 0.25) is 0 Å².